The molecule has 2 saturated heterocycles. The number of benzene rings is 2. The molecule has 166 valence electrons. The van der Waals surface area contributed by atoms with E-state index in [1.807, 2.05) is 18.2 Å². The third-order valence-corrected chi connectivity index (χ3v) is 6.97. The zero-order chi connectivity index (χ0) is 22.7. The smallest absolute Gasteiger partial charge is 0.264 e. The Kier molecular flexibility index (Phi) is 7.20. The zero-order valence-corrected chi connectivity index (χ0v) is 19.8. The summed E-state index contributed by atoms with van der Waals surface area (Å²) in [7, 11) is 1.78. The monoisotopic (exact) mass is 488 g/mol. The van der Waals surface area contributed by atoms with Crippen molar-refractivity contribution >= 4 is 57.6 Å². The minimum Gasteiger partial charge on any atom is -0.338 e. The van der Waals surface area contributed by atoms with E-state index in [1.165, 1.54) is 11.6 Å². The Morgan fingerprint density at radius 1 is 1.22 bits per heavy atom. The van der Waals surface area contributed by atoms with Crippen molar-refractivity contribution in [3.05, 3.63) is 75.1 Å². The molecule has 4 rings (SSSR count). The summed E-state index contributed by atoms with van der Waals surface area (Å²) >= 11 is 13.4. The number of para-hydroxylation sites is 1. The number of hydrogen-bond acceptors (Lipinski definition) is 5. The van der Waals surface area contributed by atoms with Gasteiger partial charge in [0, 0.05) is 38.8 Å². The molecule has 9 heteroatoms. The highest BCUT2D eigenvalue weighted by atomic mass is 35.5. The van der Waals surface area contributed by atoms with E-state index in [2.05, 4.69) is 27.3 Å². The highest BCUT2D eigenvalue weighted by Gasteiger charge is 2.30. The third-order valence-electron chi connectivity index (χ3n) is 5.45. The molecule has 6 nitrogen and oxygen atoms in total. The second-order valence-corrected chi connectivity index (χ2v) is 9.51. The number of rotatable bonds is 5. The second-order valence-electron chi connectivity index (χ2n) is 7.66. The van der Waals surface area contributed by atoms with Gasteiger partial charge in [0.05, 0.1) is 15.0 Å². The maximum Gasteiger partial charge on any atom is 0.264 e. The quantitative estimate of drug-likeness (QED) is 0.630. The Morgan fingerprint density at radius 3 is 2.66 bits per heavy atom. The lowest BCUT2D eigenvalue weighted by Crippen LogP contribution is -2.38. The van der Waals surface area contributed by atoms with Crippen molar-refractivity contribution in [3.63, 3.8) is 0 Å². The van der Waals surface area contributed by atoms with E-state index >= 15 is 0 Å². The predicted molar refractivity (Wildman–Crippen MR) is 130 cm³/mol. The number of nitrogens with one attached hydrogen (secondary N) is 1. The largest absolute Gasteiger partial charge is 0.338 e. The van der Waals surface area contributed by atoms with Crippen LogP contribution in [-0.4, -0.2) is 53.0 Å². The van der Waals surface area contributed by atoms with Gasteiger partial charge in [-0.05, 0) is 35.9 Å². The molecular weight excluding hydrogens is 467 g/mol. The molecule has 1 unspecified atom stereocenters. The van der Waals surface area contributed by atoms with Gasteiger partial charge in [0.1, 0.15) is 5.69 Å². The van der Waals surface area contributed by atoms with Gasteiger partial charge in [-0.1, -0.05) is 59.6 Å². The summed E-state index contributed by atoms with van der Waals surface area (Å²) in [6.45, 7) is 2.60. The summed E-state index contributed by atoms with van der Waals surface area (Å²) < 4.78 is 0. The normalized spacial score (nSPS) is 21.3. The van der Waals surface area contributed by atoms with Gasteiger partial charge >= 0.3 is 0 Å². The summed E-state index contributed by atoms with van der Waals surface area (Å²) in [6.07, 6.45) is 2.27. The lowest BCUT2D eigenvalue weighted by molar-refractivity contribution is -0.127. The molecule has 32 heavy (non-hydrogen) atoms. The van der Waals surface area contributed by atoms with Crippen molar-refractivity contribution in [2.45, 2.75) is 19.0 Å². The molecule has 0 aliphatic carbocycles. The fourth-order valence-corrected chi connectivity index (χ4v) is 4.96. The number of likely N-dealkylation sites (N-methyl/N-ethyl adjacent to an activating group) is 1. The Balaban J connectivity index is 1.39. The van der Waals surface area contributed by atoms with Crippen LogP contribution in [0.15, 0.2) is 64.5 Å². The maximum atomic E-state index is 12.8. The lowest BCUT2D eigenvalue weighted by Gasteiger charge is -2.24. The molecule has 1 N–H and O–H groups in total. The number of nitrogens with zero attached hydrogens (tertiary/aromatic N) is 3. The molecule has 0 spiro atoms. The van der Waals surface area contributed by atoms with E-state index in [9.17, 15) is 9.59 Å². The minimum absolute atomic E-state index is 0.104. The number of amidine groups is 1. The average Bonchev–Trinajstić information content (AvgIpc) is 3.37. The van der Waals surface area contributed by atoms with Crippen LogP contribution in [0.2, 0.25) is 10.0 Å². The zero-order valence-electron chi connectivity index (χ0n) is 17.4. The maximum absolute atomic E-state index is 12.8. The fraction of sp³-hybridized carbons (Fsp3) is 0.261. The van der Waals surface area contributed by atoms with Crippen LogP contribution in [0.5, 0.6) is 0 Å². The first kappa shape index (κ1) is 22.9. The summed E-state index contributed by atoms with van der Waals surface area (Å²) in [5.41, 5.74) is 1.64. The predicted octanol–water partition coefficient (Wildman–Crippen LogP) is 4.46. The highest BCUT2D eigenvalue weighted by Crippen LogP contribution is 2.35. The Morgan fingerprint density at radius 2 is 1.94 bits per heavy atom. The first-order chi connectivity index (χ1) is 15.4. The van der Waals surface area contributed by atoms with Gasteiger partial charge in [0.25, 0.3) is 5.91 Å². The minimum atomic E-state index is -0.365. The third kappa shape index (κ3) is 5.35. The topological polar surface area (TPSA) is 65.0 Å². The molecule has 0 radical (unpaired) electrons. The molecule has 0 saturated carbocycles. The van der Waals surface area contributed by atoms with Gasteiger partial charge in [0.2, 0.25) is 5.91 Å². The van der Waals surface area contributed by atoms with Gasteiger partial charge in [-0.25, -0.2) is 4.99 Å². The van der Waals surface area contributed by atoms with Gasteiger partial charge in [0.15, 0.2) is 5.17 Å². The molecule has 0 aromatic heterocycles. The van der Waals surface area contributed by atoms with Crippen molar-refractivity contribution in [1.82, 2.24) is 15.1 Å². The molecule has 1 atom stereocenters. The summed E-state index contributed by atoms with van der Waals surface area (Å²) in [5, 5.41) is 3.77. The number of likely N-dealkylation sites (tertiary alicyclic amines) is 1. The van der Waals surface area contributed by atoms with Crippen LogP contribution in [0, 0.1) is 0 Å². The number of carbonyl (C=O) groups is 2. The Bertz CT molecular complexity index is 1070. The number of carbonyl (C=O) groups excluding carboxylic acids is 2. The van der Waals surface area contributed by atoms with Crippen LogP contribution >= 0.6 is 35.0 Å². The van der Waals surface area contributed by atoms with Crippen molar-refractivity contribution in [2.75, 3.05) is 20.1 Å². The Hall–Kier alpha value is -2.32. The molecule has 2 heterocycles. The molecule has 2 amide bonds. The number of amides is 2. The number of thioether (sulfide) groups is 1. The first-order valence-corrected chi connectivity index (χ1v) is 11.7. The van der Waals surface area contributed by atoms with Crippen molar-refractivity contribution in [2.24, 2.45) is 4.99 Å². The van der Waals surface area contributed by atoms with Gasteiger partial charge in [-0.15, -0.1) is 0 Å². The average molecular weight is 489 g/mol. The summed E-state index contributed by atoms with van der Waals surface area (Å²) in [5.74, 6) is -0.568. The van der Waals surface area contributed by atoms with Gasteiger partial charge < -0.3 is 10.2 Å². The van der Waals surface area contributed by atoms with Gasteiger partial charge in [-0.3, -0.25) is 14.5 Å². The van der Waals surface area contributed by atoms with Crippen LogP contribution in [-0.2, 0) is 16.1 Å². The van der Waals surface area contributed by atoms with Crippen LogP contribution in [0.3, 0.4) is 0 Å². The van der Waals surface area contributed by atoms with Crippen molar-refractivity contribution < 1.29 is 9.59 Å². The standard InChI is InChI=1S/C23H22Cl2N4O2S/c1-28(16-10-11-29(14-16)13-15-6-3-2-4-7-15)20(30)12-19-22(31)27-23(32-19)26-21-17(24)8-5-9-18(21)25/h2-9,12,16H,10-11,13-14H2,1H3,(H,26,27,31)/b19-12+. The first-order valence-electron chi connectivity index (χ1n) is 10.2. The molecule has 2 fully saturated rings. The lowest BCUT2D eigenvalue weighted by atomic mass is 10.2. The molecule has 2 aliphatic heterocycles. The van der Waals surface area contributed by atoms with E-state index < -0.39 is 0 Å². The molecule has 2 aromatic carbocycles. The van der Waals surface area contributed by atoms with E-state index in [-0.39, 0.29) is 17.9 Å². The van der Waals surface area contributed by atoms with Crippen molar-refractivity contribution in [3.8, 4) is 0 Å². The van der Waals surface area contributed by atoms with Gasteiger partial charge in [-0.2, -0.15) is 0 Å². The fourth-order valence-electron chi connectivity index (χ4n) is 3.69. The molecule has 2 aliphatic rings. The van der Waals surface area contributed by atoms with Crippen molar-refractivity contribution in [1.29, 1.82) is 0 Å². The molecule has 0 bridgehead atoms. The number of aliphatic imine (C=N–C) groups is 1. The summed E-state index contributed by atoms with van der Waals surface area (Å²) in [6, 6.07) is 15.5. The van der Waals surface area contributed by atoms with E-state index in [0.29, 0.717) is 25.8 Å². The summed E-state index contributed by atoms with van der Waals surface area (Å²) in [4.78, 5) is 33.9. The van der Waals surface area contributed by atoms with Crippen LogP contribution in [0.4, 0.5) is 5.69 Å². The Labute approximate surface area is 201 Å². The number of halogens is 2. The van der Waals surface area contributed by atoms with Crippen LogP contribution in [0.25, 0.3) is 0 Å². The second kappa shape index (κ2) is 10.1. The van der Waals surface area contributed by atoms with E-state index in [1.54, 1.807) is 30.1 Å². The van der Waals surface area contributed by atoms with E-state index in [4.69, 9.17) is 23.2 Å². The number of hydrogen-bond donors (Lipinski definition) is 1. The highest BCUT2D eigenvalue weighted by molar-refractivity contribution is 8.18. The van der Waals surface area contributed by atoms with Crippen LogP contribution < -0.4 is 5.32 Å². The SMILES string of the molecule is CN(C(=O)/C=C1/SC(=Nc2c(Cl)cccc2Cl)NC1=O)C1CCN(Cc2ccccc2)C1. The van der Waals surface area contributed by atoms with Crippen LogP contribution in [0.1, 0.15) is 12.0 Å². The molecular formula is C23H22Cl2N4O2S. The molecule has 2 aromatic rings. The van der Waals surface area contributed by atoms with E-state index in [0.717, 1.165) is 37.8 Å².